The lowest BCUT2D eigenvalue weighted by Gasteiger charge is -2.28. The molecule has 5 rings (SSSR count). The number of carbonyl (C=O) groups excluding carboxylic acids is 1. The third kappa shape index (κ3) is 4.71. The number of amides is 1. The first-order valence-electron chi connectivity index (χ1n) is 11.4. The van der Waals surface area contributed by atoms with Crippen molar-refractivity contribution in [3.63, 3.8) is 0 Å². The van der Waals surface area contributed by atoms with Crippen LogP contribution >= 0.6 is 22.7 Å². The van der Waals surface area contributed by atoms with Gasteiger partial charge in [-0.3, -0.25) is 9.69 Å². The normalized spacial score (nSPS) is 16.5. The fourth-order valence-electron chi connectivity index (χ4n) is 4.29. The number of nitrogens with zero attached hydrogens (tertiary/aromatic N) is 3. The number of sulfonamides is 1. The number of thiazole rings is 1. The lowest BCUT2D eigenvalue weighted by Crippen LogP contribution is -2.47. The summed E-state index contributed by atoms with van der Waals surface area (Å²) in [4.78, 5) is 20.4. The van der Waals surface area contributed by atoms with Crippen LogP contribution in [0.15, 0.2) is 70.3 Å². The van der Waals surface area contributed by atoms with E-state index >= 15 is 0 Å². The highest BCUT2D eigenvalue weighted by atomic mass is 32.2. The summed E-state index contributed by atoms with van der Waals surface area (Å²) in [5.74, 6) is 0.408. The summed E-state index contributed by atoms with van der Waals surface area (Å²) >= 11 is 2.57. The molecule has 3 heterocycles. The van der Waals surface area contributed by atoms with Crippen LogP contribution in [0, 0.1) is 0 Å². The number of benzene rings is 2. The second-order valence-corrected chi connectivity index (χ2v) is 12.2. The number of aromatic nitrogens is 1. The number of anilines is 1. The standard InChI is InChI=1S/C25H25N3O4S3/c1-2-32-20-12-6-13-21-23(20)26-25(34-21)27(17-18-9-4-3-5-10-18)24(29)19-11-7-15-28(19)35(30,31)22-14-8-16-33-22/h3-6,8-10,12-14,16,19H,2,7,11,15,17H2,1H3. The fourth-order valence-corrected chi connectivity index (χ4v) is 8.04. The maximum absolute atomic E-state index is 14.0. The second kappa shape index (κ2) is 10.1. The van der Waals surface area contributed by atoms with Crippen molar-refractivity contribution < 1.29 is 17.9 Å². The van der Waals surface area contributed by atoms with E-state index in [1.165, 1.54) is 27.0 Å². The van der Waals surface area contributed by atoms with E-state index in [1.807, 2.05) is 55.5 Å². The molecule has 10 heteroatoms. The Morgan fingerprint density at radius 1 is 1.14 bits per heavy atom. The van der Waals surface area contributed by atoms with Gasteiger partial charge in [-0.15, -0.1) is 11.3 Å². The summed E-state index contributed by atoms with van der Waals surface area (Å²) in [5.41, 5.74) is 1.64. The van der Waals surface area contributed by atoms with E-state index in [-0.39, 0.29) is 10.1 Å². The van der Waals surface area contributed by atoms with Crippen molar-refractivity contribution >= 4 is 54.0 Å². The van der Waals surface area contributed by atoms with Gasteiger partial charge in [-0.1, -0.05) is 53.8 Å². The molecule has 1 aliphatic rings. The van der Waals surface area contributed by atoms with Gasteiger partial charge in [0.15, 0.2) is 5.13 Å². The summed E-state index contributed by atoms with van der Waals surface area (Å²) in [6, 6.07) is 17.9. The van der Waals surface area contributed by atoms with Crippen LogP contribution < -0.4 is 9.64 Å². The highest BCUT2D eigenvalue weighted by Gasteiger charge is 2.42. The maximum Gasteiger partial charge on any atom is 0.253 e. The quantitative estimate of drug-likeness (QED) is 0.317. The third-order valence-electron chi connectivity index (χ3n) is 5.90. The van der Waals surface area contributed by atoms with Crippen molar-refractivity contribution in [3.8, 4) is 5.75 Å². The first-order chi connectivity index (χ1) is 17.0. The molecule has 4 aromatic rings. The smallest absolute Gasteiger partial charge is 0.253 e. The average Bonchev–Trinajstić information content (AvgIpc) is 3.64. The van der Waals surface area contributed by atoms with E-state index in [4.69, 9.17) is 9.72 Å². The lowest BCUT2D eigenvalue weighted by molar-refractivity contribution is -0.121. The first kappa shape index (κ1) is 23.9. The largest absolute Gasteiger partial charge is 0.492 e. The van der Waals surface area contributed by atoms with Crippen molar-refractivity contribution in [2.75, 3.05) is 18.1 Å². The number of hydrogen-bond acceptors (Lipinski definition) is 7. The van der Waals surface area contributed by atoms with Crippen molar-refractivity contribution in [1.29, 1.82) is 0 Å². The maximum atomic E-state index is 14.0. The zero-order valence-electron chi connectivity index (χ0n) is 19.2. The van der Waals surface area contributed by atoms with Crippen LogP contribution in [0.2, 0.25) is 0 Å². The van der Waals surface area contributed by atoms with E-state index in [9.17, 15) is 13.2 Å². The summed E-state index contributed by atoms with van der Waals surface area (Å²) in [5, 5.41) is 2.26. The van der Waals surface area contributed by atoms with Crippen LogP contribution in [0.5, 0.6) is 5.75 Å². The van der Waals surface area contributed by atoms with Crippen LogP contribution in [0.3, 0.4) is 0 Å². The molecule has 35 heavy (non-hydrogen) atoms. The predicted molar refractivity (Wildman–Crippen MR) is 140 cm³/mol. The number of fused-ring (bicyclic) bond motifs is 1. The minimum absolute atomic E-state index is 0.258. The predicted octanol–water partition coefficient (Wildman–Crippen LogP) is 5.14. The molecule has 0 aliphatic carbocycles. The van der Waals surface area contributed by atoms with Crippen LogP contribution in [-0.2, 0) is 21.4 Å². The molecule has 182 valence electrons. The van der Waals surface area contributed by atoms with Crippen molar-refractivity contribution in [3.05, 3.63) is 71.6 Å². The Bertz CT molecular complexity index is 1420. The Morgan fingerprint density at radius 3 is 2.71 bits per heavy atom. The number of rotatable bonds is 8. The SMILES string of the molecule is CCOc1cccc2sc(N(Cc3ccccc3)C(=O)C3CCCN3S(=O)(=O)c3cccs3)nc12. The number of thiophene rings is 1. The van der Waals surface area contributed by atoms with Crippen LogP contribution in [0.25, 0.3) is 10.2 Å². The highest BCUT2D eigenvalue weighted by Crippen LogP contribution is 2.37. The first-order valence-corrected chi connectivity index (χ1v) is 14.6. The van der Waals surface area contributed by atoms with Gasteiger partial charge in [-0.2, -0.15) is 4.31 Å². The van der Waals surface area contributed by atoms with Gasteiger partial charge in [0.05, 0.1) is 17.9 Å². The molecule has 0 bridgehead atoms. The van der Waals surface area contributed by atoms with Gasteiger partial charge >= 0.3 is 0 Å². The van der Waals surface area contributed by atoms with E-state index < -0.39 is 16.1 Å². The second-order valence-electron chi connectivity index (χ2n) is 8.15. The molecular weight excluding hydrogens is 502 g/mol. The summed E-state index contributed by atoms with van der Waals surface area (Å²) in [7, 11) is -3.75. The Morgan fingerprint density at radius 2 is 1.97 bits per heavy atom. The van der Waals surface area contributed by atoms with Gasteiger partial charge < -0.3 is 4.74 Å². The summed E-state index contributed by atoms with van der Waals surface area (Å²) in [6.07, 6.45) is 1.11. The molecule has 0 spiro atoms. The molecule has 1 aliphatic heterocycles. The van der Waals surface area contributed by atoms with Gasteiger partial charge in [-0.25, -0.2) is 13.4 Å². The van der Waals surface area contributed by atoms with E-state index in [0.29, 0.717) is 48.9 Å². The number of carbonyl (C=O) groups is 1. The minimum atomic E-state index is -3.75. The molecular formula is C25H25N3O4S3. The van der Waals surface area contributed by atoms with E-state index in [1.54, 1.807) is 22.4 Å². The zero-order valence-corrected chi connectivity index (χ0v) is 21.6. The summed E-state index contributed by atoms with van der Waals surface area (Å²) in [6.45, 7) is 3.05. The van der Waals surface area contributed by atoms with Gasteiger partial charge in [0, 0.05) is 6.54 Å². The molecule has 1 unspecified atom stereocenters. The highest BCUT2D eigenvalue weighted by molar-refractivity contribution is 7.91. The van der Waals surface area contributed by atoms with Gasteiger partial charge in [-0.05, 0) is 48.9 Å². The third-order valence-corrected chi connectivity index (χ3v) is 10.2. The molecule has 1 fully saturated rings. The number of ether oxygens (including phenoxy) is 1. The topological polar surface area (TPSA) is 79.8 Å². The van der Waals surface area contributed by atoms with Crippen LogP contribution in [-0.4, -0.2) is 42.8 Å². The number of hydrogen-bond donors (Lipinski definition) is 0. The van der Waals surface area contributed by atoms with Crippen molar-refractivity contribution in [1.82, 2.24) is 9.29 Å². The summed E-state index contributed by atoms with van der Waals surface area (Å²) < 4.78 is 34.9. The molecule has 1 amide bonds. The molecule has 1 atom stereocenters. The van der Waals surface area contributed by atoms with Crippen molar-refractivity contribution in [2.45, 2.75) is 36.6 Å². The lowest BCUT2D eigenvalue weighted by atomic mass is 10.1. The molecule has 1 saturated heterocycles. The zero-order chi connectivity index (χ0) is 24.4. The molecule has 2 aromatic carbocycles. The minimum Gasteiger partial charge on any atom is -0.492 e. The van der Waals surface area contributed by atoms with Crippen LogP contribution in [0.4, 0.5) is 5.13 Å². The molecule has 0 radical (unpaired) electrons. The van der Waals surface area contributed by atoms with Crippen LogP contribution in [0.1, 0.15) is 25.3 Å². The Hall–Kier alpha value is -2.79. The van der Waals surface area contributed by atoms with Gasteiger partial charge in [0.25, 0.3) is 10.0 Å². The molecule has 0 saturated carbocycles. The molecule has 2 aromatic heterocycles. The molecule has 7 nitrogen and oxygen atoms in total. The average molecular weight is 528 g/mol. The monoisotopic (exact) mass is 527 g/mol. The Balaban J connectivity index is 1.54. The number of para-hydroxylation sites is 1. The van der Waals surface area contributed by atoms with Gasteiger partial charge in [0.2, 0.25) is 5.91 Å². The Kier molecular flexibility index (Phi) is 6.88. The fraction of sp³-hybridized carbons (Fsp3) is 0.280. The van der Waals surface area contributed by atoms with Gasteiger partial charge in [0.1, 0.15) is 21.5 Å². The molecule has 0 N–H and O–H groups in total. The Labute approximate surface area is 212 Å². The van der Waals surface area contributed by atoms with E-state index in [2.05, 4.69) is 0 Å². The van der Waals surface area contributed by atoms with E-state index in [0.717, 1.165) is 10.3 Å². The van der Waals surface area contributed by atoms with Crippen molar-refractivity contribution in [2.24, 2.45) is 0 Å².